The van der Waals surface area contributed by atoms with Crippen LogP contribution in [0.4, 0.5) is 11.4 Å². The van der Waals surface area contributed by atoms with E-state index < -0.39 is 0 Å². The van der Waals surface area contributed by atoms with E-state index in [-0.39, 0.29) is 10.6 Å². The number of nitrogen functional groups attached to an aromatic ring is 1. The second-order valence-corrected chi connectivity index (χ2v) is 6.27. The molecular formula is C20H21BrN6O2. The Morgan fingerprint density at radius 3 is 2.28 bits per heavy atom. The van der Waals surface area contributed by atoms with Gasteiger partial charge in [-0.3, -0.25) is 10.1 Å². The molecule has 0 radical (unpaired) electrons. The van der Waals surface area contributed by atoms with Gasteiger partial charge in [0.15, 0.2) is 0 Å². The third-order valence-corrected chi connectivity index (χ3v) is 4.31. The van der Waals surface area contributed by atoms with Gasteiger partial charge in [-0.2, -0.15) is 0 Å². The van der Waals surface area contributed by atoms with Crippen LogP contribution in [0.25, 0.3) is 0 Å². The van der Waals surface area contributed by atoms with Crippen LogP contribution >= 0.6 is 15.9 Å². The van der Waals surface area contributed by atoms with Crippen LogP contribution in [0, 0.1) is 10.1 Å². The number of nitrogens with one attached hydrogen (secondary N) is 1. The number of anilines is 1. The minimum Gasteiger partial charge on any atom is -0.398 e. The van der Waals surface area contributed by atoms with Gasteiger partial charge in [0, 0.05) is 47.4 Å². The number of H-pyrrole nitrogens is 1. The van der Waals surface area contributed by atoms with E-state index in [0.717, 1.165) is 17.8 Å². The van der Waals surface area contributed by atoms with Gasteiger partial charge in [-0.05, 0) is 11.6 Å². The highest BCUT2D eigenvalue weighted by molar-refractivity contribution is 9.08. The number of nitro benzene ring substituents is 1. The normalized spacial score (nSPS) is 9.55. The molecule has 0 aliphatic carbocycles. The first kappa shape index (κ1) is 21.8. The SMILES string of the molecule is Nc1ccccc1Cn1ccnc1.O=[N+]([O-])c1ccccc1CBr.c1c[nH]cn1. The Bertz CT molecular complexity index is 957. The summed E-state index contributed by atoms with van der Waals surface area (Å²) >= 11 is 3.17. The second-order valence-electron chi connectivity index (χ2n) is 5.71. The molecule has 0 saturated heterocycles. The maximum Gasteiger partial charge on any atom is 0.273 e. The zero-order valence-corrected chi connectivity index (χ0v) is 17.1. The lowest BCUT2D eigenvalue weighted by Gasteiger charge is -2.04. The number of aromatic amines is 1. The summed E-state index contributed by atoms with van der Waals surface area (Å²) in [5.41, 5.74) is 8.64. The van der Waals surface area contributed by atoms with Crippen molar-refractivity contribution in [2.75, 3.05) is 5.73 Å². The molecule has 8 nitrogen and oxygen atoms in total. The molecule has 0 bridgehead atoms. The predicted octanol–water partition coefficient (Wildman–Crippen LogP) is 4.41. The summed E-state index contributed by atoms with van der Waals surface area (Å²) in [6.45, 7) is 0.784. The molecule has 4 aromatic rings. The Hall–Kier alpha value is -3.46. The van der Waals surface area contributed by atoms with E-state index in [9.17, 15) is 10.1 Å². The summed E-state index contributed by atoms with van der Waals surface area (Å²) in [4.78, 5) is 20.4. The van der Waals surface area contributed by atoms with Crippen molar-refractivity contribution in [2.45, 2.75) is 11.9 Å². The van der Waals surface area contributed by atoms with Gasteiger partial charge in [0.25, 0.3) is 5.69 Å². The number of rotatable bonds is 4. The first-order valence-electron chi connectivity index (χ1n) is 8.62. The van der Waals surface area contributed by atoms with Crippen LogP contribution in [-0.2, 0) is 11.9 Å². The smallest absolute Gasteiger partial charge is 0.273 e. The maximum absolute atomic E-state index is 10.4. The molecule has 0 atom stereocenters. The molecule has 2 aromatic carbocycles. The third-order valence-electron chi connectivity index (χ3n) is 3.71. The number of halogens is 1. The Labute approximate surface area is 176 Å². The standard InChI is InChI=1S/C10H11N3.C7H6BrNO2.C3H4N2/c11-10-4-2-1-3-9(10)7-13-6-5-12-8-13;8-5-6-3-1-2-4-7(6)9(10)11;1-2-5-3-4-1/h1-6,8H,7,11H2;1-4H,5H2;1-3H,(H,4,5). The summed E-state index contributed by atoms with van der Waals surface area (Å²) in [5, 5.41) is 10.9. The minimum absolute atomic E-state index is 0.171. The number of nitro groups is 1. The Morgan fingerprint density at radius 1 is 1.07 bits per heavy atom. The summed E-state index contributed by atoms with van der Waals surface area (Å²) in [6, 6.07) is 14.5. The van der Waals surface area contributed by atoms with Gasteiger partial charge in [0.05, 0.1) is 24.1 Å². The number of benzene rings is 2. The zero-order valence-electron chi connectivity index (χ0n) is 15.6. The van der Waals surface area contributed by atoms with Crippen molar-refractivity contribution in [3.63, 3.8) is 0 Å². The molecular weight excluding hydrogens is 436 g/mol. The first-order valence-corrected chi connectivity index (χ1v) is 9.74. The summed E-state index contributed by atoms with van der Waals surface area (Å²) < 4.78 is 1.99. The van der Waals surface area contributed by atoms with Crippen LogP contribution in [0.5, 0.6) is 0 Å². The van der Waals surface area contributed by atoms with Crippen LogP contribution in [0.1, 0.15) is 11.1 Å². The van der Waals surface area contributed by atoms with E-state index >= 15 is 0 Å². The van der Waals surface area contributed by atoms with Gasteiger partial charge in [-0.1, -0.05) is 52.3 Å². The fraction of sp³-hybridized carbons (Fsp3) is 0.100. The Kier molecular flexibility index (Phi) is 9.10. The fourth-order valence-electron chi connectivity index (χ4n) is 2.27. The highest BCUT2D eigenvalue weighted by Crippen LogP contribution is 2.19. The maximum atomic E-state index is 10.4. The molecule has 2 heterocycles. The van der Waals surface area contributed by atoms with Gasteiger partial charge in [-0.15, -0.1) is 0 Å². The van der Waals surface area contributed by atoms with E-state index in [1.807, 2.05) is 35.0 Å². The number of para-hydroxylation sites is 2. The largest absolute Gasteiger partial charge is 0.398 e. The topological polar surface area (TPSA) is 116 Å². The molecule has 0 fully saturated rings. The summed E-state index contributed by atoms with van der Waals surface area (Å²) in [5.74, 6) is 0. The van der Waals surface area contributed by atoms with E-state index in [2.05, 4.69) is 30.9 Å². The minimum atomic E-state index is -0.378. The van der Waals surface area contributed by atoms with Gasteiger partial charge in [0.1, 0.15) is 0 Å². The Balaban J connectivity index is 0.000000169. The van der Waals surface area contributed by atoms with Crippen molar-refractivity contribution < 1.29 is 4.92 Å². The average Bonchev–Trinajstić information content (AvgIpc) is 3.47. The van der Waals surface area contributed by atoms with Gasteiger partial charge in [0.2, 0.25) is 0 Å². The number of hydrogen-bond donors (Lipinski definition) is 2. The summed E-state index contributed by atoms with van der Waals surface area (Å²) in [6.07, 6.45) is 10.6. The highest BCUT2D eigenvalue weighted by Gasteiger charge is 2.09. The molecule has 0 spiro atoms. The number of hydrogen-bond acceptors (Lipinski definition) is 5. The van der Waals surface area contributed by atoms with Crippen LogP contribution in [0.2, 0.25) is 0 Å². The van der Waals surface area contributed by atoms with Crippen molar-refractivity contribution >= 4 is 27.3 Å². The quantitative estimate of drug-likeness (QED) is 0.204. The molecule has 0 aliphatic heterocycles. The summed E-state index contributed by atoms with van der Waals surface area (Å²) in [7, 11) is 0. The molecule has 29 heavy (non-hydrogen) atoms. The molecule has 3 N–H and O–H groups in total. The molecule has 9 heteroatoms. The van der Waals surface area contributed by atoms with E-state index in [1.54, 1.807) is 49.4 Å². The number of alkyl halides is 1. The zero-order chi connectivity index (χ0) is 20.9. The first-order chi connectivity index (χ1) is 14.1. The highest BCUT2D eigenvalue weighted by atomic mass is 79.9. The predicted molar refractivity (Wildman–Crippen MR) is 116 cm³/mol. The van der Waals surface area contributed by atoms with Gasteiger partial charge in [-0.25, -0.2) is 9.97 Å². The molecule has 0 aliphatic rings. The number of aromatic nitrogens is 4. The number of nitrogens with zero attached hydrogens (tertiary/aromatic N) is 4. The molecule has 0 amide bonds. The van der Waals surface area contributed by atoms with Crippen molar-refractivity contribution in [3.05, 3.63) is 107 Å². The van der Waals surface area contributed by atoms with Crippen LogP contribution < -0.4 is 5.73 Å². The van der Waals surface area contributed by atoms with Gasteiger partial charge >= 0.3 is 0 Å². The molecule has 0 unspecified atom stereocenters. The van der Waals surface area contributed by atoms with Crippen LogP contribution in [-0.4, -0.2) is 24.4 Å². The van der Waals surface area contributed by atoms with E-state index in [1.165, 1.54) is 6.07 Å². The average molecular weight is 457 g/mol. The van der Waals surface area contributed by atoms with E-state index in [4.69, 9.17) is 5.73 Å². The molecule has 150 valence electrons. The second kappa shape index (κ2) is 12.1. The molecule has 2 aromatic heterocycles. The molecule has 0 saturated carbocycles. The third kappa shape index (κ3) is 7.59. The van der Waals surface area contributed by atoms with Crippen molar-refractivity contribution in [1.82, 2.24) is 19.5 Å². The van der Waals surface area contributed by atoms with E-state index in [0.29, 0.717) is 10.9 Å². The number of nitrogens with two attached hydrogens (primary N) is 1. The fourth-order valence-corrected chi connectivity index (χ4v) is 2.75. The lowest BCUT2D eigenvalue weighted by molar-refractivity contribution is -0.385. The Morgan fingerprint density at radius 2 is 1.79 bits per heavy atom. The lowest BCUT2D eigenvalue weighted by atomic mass is 10.2. The molecule has 4 rings (SSSR count). The lowest BCUT2D eigenvalue weighted by Crippen LogP contribution is -2.00. The van der Waals surface area contributed by atoms with Crippen molar-refractivity contribution in [3.8, 4) is 0 Å². The van der Waals surface area contributed by atoms with Crippen molar-refractivity contribution in [1.29, 1.82) is 0 Å². The monoisotopic (exact) mass is 456 g/mol. The van der Waals surface area contributed by atoms with Gasteiger partial charge < -0.3 is 15.3 Å². The van der Waals surface area contributed by atoms with Crippen LogP contribution in [0.15, 0.2) is 86.0 Å². The van der Waals surface area contributed by atoms with Crippen molar-refractivity contribution in [2.24, 2.45) is 0 Å². The van der Waals surface area contributed by atoms with Crippen LogP contribution in [0.3, 0.4) is 0 Å². The number of imidazole rings is 2.